The van der Waals surface area contributed by atoms with Gasteiger partial charge in [0.25, 0.3) is 10.0 Å². The lowest BCUT2D eigenvalue weighted by molar-refractivity contribution is 0.0561. The van der Waals surface area contributed by atoms with Crippen LogP contribution in [0.4, 0.5) is 25.3 Å². The lowest BCUT2D eigenvalue weighted by Crippen LogP contribution is -2.13. The van der Waals surface area contributed by atoms with E-state index in [4.69, 9.17) is 11.6 Å². The molecule has 0 fully saturated rings. The molecule has 2 aromatic carbocycles. The van der Waals surface area contributed by atoms with Crippen molar-refractivity contribution < 1.29 is 17.2 Å². The number of fused-ring (bicyclic) bond motifs is 1. The zero-order valence-electron chi connectivity index (χ0n) is 17.7. The van der Waals surface area contributed by atoms with Crippen LogP contribution in [0.3, 0.4) is 0 Å². The molecule has 3 heterocycles. The second kappa shape index (κ2) is 8.87. The van der Waals surface area contributed by atoms with Crippen molar-refractivity contribution >= 4 is 60.6 Å². The van der Waals surface area contributed by atoms with Crippen molar-refractivity contribution in [3.8, 4) is 11.4 Å². The maximum Gasteiger partial charge on any atom is 0.333 e. The molecule has 0 saturated carbocycles. The van der Waals surface area contributed by atoms with Crippen molar-refractivity contribution in [2.75, 3.05) is 10.0 Å². The van der Waals surface area contributed by atoms with Gasteiger partial charge < -0.3 is 5.32 Å². The number of aromatic amines is 1. The molecule has 0 aliphatic heterocycles. The molecule has 0 saturated heterocycles. The molecule has 0 bridgehead atoms. The molecule has 15 heteroatoms. The van der Waals surface area contributed by atoms with Gasteiger partial charge in [-0.1, -0.05) is 23.7 Å². The topological polar surface area (TPSA) is 130 Å². The normalized spacial score (nSPS) is 11.9. The molecular formula is C20H15ClF2N8O2S2. The summed E-state index contributed by atoms with van der Waals surface area (Å²) < 4.78 is 58.3. The van der Waals surface area contributed by atoms with Crippen molar-refractivity contribution in [3.05, 3.63) is 59.5 Å². The van der Waals surface area contributed by atoms with Gasteiger partial charge in [-0.3, -0.25) is 9.82 Å². The first-order chi connectivity index (χ1) is 16.7. The Morgan fingerprint density at radius 2 is 2.06 bits per heavy atom. The minimum atomic E-state index is -4.15. The van der Waals surface area contributed by atoms with Crippen LogP contribution in [-0.2, 0) is 10.0 Å². The molecular weight excluding hydrogens is 522 g/mol. The standard InChI is InChI=1S/C20H15ClF2N8O2S2/c1-10-16(9-31(28-10)19(22)23)35(32,33)30-12-4-2-3-11(7-12)18-26-20(34-29-18)25-15-6-5-14-13(17(15)21)8-24-27-14/h2-9,19,30H,1H3,(H,24,27)(H,25,26,29). The zero-order valence-corrected chi connectivity index (χ0v) is 20.1. The van der Waals surface area contributed by atoms with Crippen molar-refractivity contribution in [2.24, 2.45) is 0 Å². The third kappa shape index (κ3) is 4.54. The fourth-order valence-corrected chi connectivity index (χ4v) is 5.43. The molecule has 0 radical (unpaired) electrons. The van der Waals surface area contributed by atoms with E-state index >= 15 is 0 Å². The van der Waals surface area contributed by atoms with E-state index in [-0.39, 0.29) is 16.3 Å². The summed E-state index contributed by atoms with van der Waals surface area (Å²) in [5.41, 5.74) is 2.15. The van der Waals surface area contributed by atoms with Crippen LogP contribution in [0.25, 0.3) is 22.3 Å². The highest BCUT2D eigenvalue weighted by atomic mass is 35.5. The monoisotopic (exact) mass is 536 g/mol. The van der Waals surface area contributed by atoms with Crippen molar-refractivity contribution in [1.29, 1.82) is 0 Å². The van der Waals surface area contributed by atoms with E-state index < -0.39 is 16.6 Å². The molecule has 0 spiro atoms. The molecule has 5 aromatic rings. The first kappa shape index (κ1) is 23.1. The zero-order chi connectivity index (χ0) is 24.7. The van der Waals surface area contributed by atoms with Gasteiger partial charge >= 0.3 is 6.55 Å². The number of alkyl halides is 2. The summed E-state index contributed by atoms with van der Waals surface area (Å²) in [5.74, 6) is 0.362. The molecule has 0 atom stereocenters. The maximum absolute atomic E-state index is 12.9. The van der Waals surface area contributed by atoms with E-state index in [0.717, 1.165) is 28.6 Å². The van der Waals surface area contributed by atoms with Gasteiger partial charge in [-0.25, -0.2) is 13.1 Å². The molecule has 10 nitrogen and oxygen atoms in total. The van der Waals surface area contributed by atoms with Crippen LogP contribution in [-0.4, -0.2) is 37.8 Å². The molecule has 35 heavy (non-hydrogen) atoms. The van der Waals surface area contributed by atoms with Crippen LogP contribution >= 0.6 is 23.1 Å². The van der Waals surface area contributed by atoms with Gasteiger partial charge in [-0.15, -0.1) is 0 Å². The van der Waals surface area contributed by atoms with Gasteiger partial charge in [0.1, 0.15) is 4.90 Å². The Balaban J connectivity index is 1.37. The van der Waals surface area contributed by atoms with Gasteiger partial charge in [0, 0.05) is 28.2 Å². The molecule has 0 amide bonds. The highest BCUT2D eigenvalue weighted by molar-refractivity contribution is 7.92. The third-order valence-corrected chi connectivity index (χ3v) is 7.48. The smallest absolute Gasteiger partial charge is 0.329 e. The summed E-state index contributed by atoms with van der Waals surface area (Å²) in [5, 5.41) is 15.2. The van der Waals surface area contributed by atoms with Gasteiger partial charge in [-0.2, -0.15) is 28.3 Å². The lowest BCUT2D eigenvalue weighted by atomic mass is 10.2. The number of nitrogens with one attached hydrogen (secondary N) is 3. The SMILES string of the molecule is Cc1nn(C(F)F)cc1S(=O)(=O)Nc1cccc(-c2nsc(Nc3ccc4[nH]ncc4c3Cl)n2)c1. The first-order valence-electron chi connectivity index (χ1n) is 9.91. The number of rotatable bonds is 7. The summed E-state index contributed by atoms with van der Waals surface area (Å²) >= 11 is 7.54. The van der Waals surface area contributed by atoms with E-state index in [1.807, 2.05) is 6.07 Å². The molecule has 0 aliphatic rings. The second-order valence-electron chi connectivity index (χ2n) is 7.33. The van der Waals surface area contributed by atoms with E-state index in [2.05, 4.69) is 34.7 Å². The fourth-order valence-electron chi connectivity index (χ4n) is 3.35. The number of aryl methyl sites for hydroxylation is 1. The molecule has 0 aliphatic carbocycles. The van der Waals surface area contributed by atoms with Crippen LogP contribution in [0, 0.1) is 6.92 Å². The Labute approximate surface area is 206 Å². The van der Waals surface area contributed by atoms with E-state index in [9.17, 15) is 17.2 Å². The number of nitrogens with zero attached hydrogens (tertiary/aromatic N) is 5. The number of hydrogen-bond acceptors (Lipinski definition) is 8. The van der Waals surface area contributed by atoms with Crippen LogP contribution in [0.15, 0.2) is 53.7 Å². The summed E-state index contributed by atoms with van der Waals surface area (Å²) in [6.45, 7) is -1.61. The largest absolute Gasteiger partial charge is 0.333 e. The minimum absolute atomic E-state index is 0.0434. The number of sulfonamides is 1. The Morgan fingerprint density at radius 3 is 2.83 bits per heavy atom. The van der Waals surface area contributed by atoms with Crippen molar-refractivity contribution in [2.45, 2.75) is 18.4 Å². The second-order valence-corrected chi connectivity index (χ2v) is 10.1. The number of hydrogen-bond donors (Lipinski definition) is 3. The Kier molecular flexibility index (Phi) is 5.86. The first-order valence-corrected chi connectivity index (χ1v) is 12.5. The average Bonchev–Trinajstić information content (AvgIpc) is 3.55. The summed E-state index contributed by atoms with van der Waals surface area (Å²) in [4.78, 5) is 4.12. The molecule has 3 N–H and O–H groups in total. The molecule has 0 unspecified atom stereocenters. The van der Waals surface area contributed by atoms with Crippen LogP contribution in [0.2, 0.25) is 5.02 Å². The minimum Gasteiger partial charge on any atom is -0.329 e. The Hall–Kier alpha value is -3.62. The lowest BCUT2D eigenvalue weighted by Gasteiger charge is -2.08. The van der Waals surface area contributed by atoms with E-state index in [0.29, 0.717) is 31.9 Å². The number of halogens is 3. The van der Waals surface area contributed by atoms with Gasteiger partial charge in [0.15, 0.2) is 5.82 Å². The average molecular weight is 537 g/mol. The fraction of sp³-hybridized carbons (Fsp3) is 0.100. The predicted molar refractivity (Wildman–Crippen MR) is 129 cm³/mol. The quantitative estimate of drug-likeness (QED) is 0.261. The molecule has 5 rings (SSSR count). The van der Waals surface area contributed by atoms with E-state index in [1.54, 1.807) is 30.5 Å². The number of H-pyrrole nitrogens is 1. The molecule has 3 aromatic heterocycles. The van der Waals surface area contributed by atoms with Gasteiger partial charge in [-0.05, 0) is 31.2 Å². The van der Waals surface area contributed by atoms with Crippen LogP contribution in [0.1, 0.15) is 12.2 Å². The summed E-state index contributed by atoms with van der Waals surface area (Å²) in [7, 11) is -4.15. The highest BCUT2D eigenvalue weighted by Gasteiger charge is 2.23. The van der Waals surface area contributed by atoms with E-state index in [1.165, 1.54) is 13.0 Å². The molecule has 180 valence electrons. The third-order valence-electron chi connectivity index (χ3n) is 4.96. The van der Waals surface area contributed by atoms with Crippen LogP contribution < -0.4 is 10.0 Å². The van der Waals surface area contributed by atoms with Crippen molar-refractivity contribution in [1.82, 2.24) is 29.3 Å². The Morgan fingerprint density at radius 1 is 1.23 bits per heavy atom. The highest BCUT2D eigenvalue weighted by Crippen LogP contribution is 2.33. The Bertz CT molecular complexity index is 1650. The van der Waals surface area contributed by atoms with Crippen LogP contribution in [0.5, 0.6) is 0 Å². The number of benzene rings is 2. The summed E-state index contributed by atoms with van der Waals surface area (Å²) in [6.07, 6.45) is 2.42. The predicted octanol–water partition coefficient (Wildman–Crippen LogP) is 5.18. The number of anilines is 3. The van der Waals surface area contributed by atoms with Gasteiger partial charge in [0.05, 0.1) is 34.3 Å². The van der Waals surface area contributed by atoms with Gasteiger partial charge in [0.2, 0.25) is 5.13 Å². The van der Waals surface area contributed by atoms with Crippen molar-refractivity contribution in [3.63, 3.8) is 0 Å². The maximum atomic E-state index is 12.9. The summed E-state index contributed by atoms with van der Waals surface area (Å²) in [6, 6.07) is 10.0. The number of aromatic nitrogens is 6.